The van der Waals surface area contributed by atoms with E-state index in [1.165, 1.54) is 11.8 Å². The minimum Gasteiger partial charge on any atom is -0.394 e. The van der Waals surface area contributed by atoms with Crippen LogP contribution in [-0.2, 0) is 4.74 Å². The molecule has 1 aliphatic rings. The van der Waals surface area contributed by atoms with Crippen LogP contribution in [0.15, 0.2) is 29.2 Å². The smallest absolute Gasteiger partial charge is 0.136 e. The molecule has 4 N–H and O–H groups in total. The maximum Gasteiger partial charge on any atom is 0.136 e. The van der Waals surface area contributed by atoms with E-state index >= 15 is 0 Å². The van der Waals surface area contributed by atoms with E-state index in [9.17, 15) is 15.3 Å². The molecule has 5 atom stereocenters. The Morgan fingerprint density at radius 2 is 1.68 bits per heavy atom. The highest BCUT2D eigenvalue weighted by molar-refractivity contribution is 7.99. The zero-order valence-electron chi connectivity index (χ0n) is 10.5. The molecule has 0 amide bonds. The SMILES string of the molecule is Cc1ccc(S[C@@H]2OC(CO)[C@@H](O)[C@H](O)C2O)cc1. The number of hydrogen-bond acceptors (Lipinski definition) is 6. The Labute approximate surface area is 115 Å². The standard InChI is InChI=1S/C13H18O5S/c1-7-2-4-8(5-3-7)19-13-12(17)11(16)10(15)9(6-14)18-13/h2-5,9-17H,6H2,1H3/t9?,10-,11+,12?,13+/m1/s1. The first-order valence-corrected chi connectivity index (χ1v) is 6.94. The van der Waals surface area contributed by atoms with Gasteiger partial charge in [0, 0.05) is 4.90 Å². The van der Waals surface area contributed by atoms with Crippen molar-refractivity contribution in [1.82, 2.24) is 0 Å². The number of benzene rings is 1. The fraction of sp³-hybridized carbons (Fsp3) is 0.538. The minimum atomic E-state index is -1.33. The van der Waals surface area contributed by atoms with E-state index in [1.807, 2.05) is 31.2 Å². The third-order valence-corrected chi connectivity index (χ3v) is 4.29. The van der Waals surface area contributed by atoms with Gasteiger partial charge in [-0.15, -0.1) is 0 Å². The highest BCUT2D eigenvalue weighted by Crippen LogP contribution is 2.33. The van der Waals surface area contributed by atoms with Gasteiger partial charge < -0.3 is 25.2 Å². The Balaban J connectivity index is 2.08. The molecule has 6 heteroatoms. The van der Waals surface area contributed by atoms with E-state index in [2.05, 4.69) is 0 Å². The van der Waals surface area contributed by atoms with Gasteiger partial charge in [-0.25, -0.2) is 0 Å². The van der Waals surface area contributed by atoms with Gasteiger partial charge in [0.05, 0.1) is 6.61 Å². The van der Waals surface area contributed by atoms with E-state index in [-0.39, 0.29) is 0 Å². The van der Waals surface area contributed by atoms with E-state index in [0.29, 0.717) is 0 Å². The lowest BCUT2D eigenvalue weighted by Gasteiger charge is -2.39. The van der Waals surface area contributed by atoms with Crippen molar-refractivity contribution >= 4 is 11.8 Å². The fourth-order valence-corrected chi connectivity index (χ4v) is 2.98. The van der Waals surface area contributed by atoms with Gasteiger partial charge in [0.2, 0.25) is 0 Å². The van der Waals surface area contributed by atoms with Crippen LogP contribution in [0.5, 0.6) is 0 Å². The highest BCUT2D eigenvalue weighted by Gasteiger charge is 2.43. The molecule has 1 heterocycles. The van der Waals surface area contributed by atoms with Gasteiger partial charge in [-0.05, 0) is 19.1 Å². The molecule has 2 unspecified atom stereocenters. The molecular formula is C13H18O5S. The second-order valence-electron chi connectivity index (χ2n) is 4.63. The van der Waals surface area contributed by atoms with Gasteiger partial charge in [0.1, 0.15) is 29.9 Å². The molecule has 5 nitrogen and oxygen atoms in total. The number of aryl methyl sites for hydroxylation is 1. The molecule has 2 rings (SSSR count). The van der Waals surface area contributed by atoms with Crippen LogP contribution in [0.1, 0.15) is 5.56 Å². The average molecular weight is 286 g/mol. The molecule has 0 aliphatic carbocycles. The zero-order valence-corrected chi connectivity index (χ0v) is 11.3. The Bertz CT molecular complexity index is 408. The molecule has 0 spiro atoms. The van der Waals surface area contributed by atoms with Crippen LogP contribution in [0.25, 0.3) is 0 Å². The van der Waals surface area contributed by atoms with Crippen molar-refractivity contribution in [3.8, 4) is 0 Å². The third-order valence-electron chi connectivity index (χ3n) is 3.12. The van der Waals surface area contributed by atoms with Crippen LogP contribution < -0.4 is 0 Å². The lowest BCUT2D eigenvalue weighted by molar-refractivity contribution is -0.205. The summed E-state index contributed by atoms with van der Waals surface area (Å²) in [4.78, 5) is 0.884. The van der Waals surface area contributed by atoms with Crippen LogP contribution in [0.4, 0.5) is 0 Å². The minimum absolute atomic E-state index is 0.407. The molecular weight excluding hydrogens is 268 g/mol. The van der Waals surface area contributed by atoms with Gasteiger partial charge in [-0.1, -0.05) is 29.5 Å². The van der Waals surface area contributed by atoms with Crippen molar-refractivity contribution in [2.75, 3.05) is 6.61 Å². The van der Waals surface area contributed by atoms with Crippen molar-refractivity contribution in [3.05, 3.63) is 29.8 Å². The fourth-order valence-electron chi connectivity index (χ4n) is 1.92. The summed E-state index contributed by atoms with van der Waals surface area (Å²) in [5.41, 5.74) is 0.399. The van der Waals surface area contributed by atoms with E-state index < -0.39 is 36.5 Å². The topological polar surface area (TPSA) is 90.2 Å². The summed E-state index contributed by atoms with van der Waals surface area (Å²) in [6.07, 6.45) is -4.70. The second kappa shape index (κ2) is 6.21. The van der Waals surface area contributed by atoms with Crippen LogP contribution >= 0.6 is 11.8 Å². The first-order chi connectivity index (χ1) is 9.02. The molecule has 0 bridgehead atoms. The Kier molecular flexibility index (Phi) is 4.83. The monoisotopic (exact) mass is 286 g/mol. The Morgan fingerprint density at radius 3 is 2.26 bits per heavy atom. The molecule has 1 fully saturated rings. The zero-order chi connectivity index (χ0) is 14.0. The maximum atomic E-state index is 9.90. The van der Waals surface area contributed by atoms with Crippen molar-refractivity contribution in [3.63, 3.8) is 0 Å². The molecule has 1 aromatic carbocycles. The van der Waals surface area contributed by atoms with E-state index in [1.54, 1.807) is 0 Å². The van der Waals surface area contributed by atoms with Gasteiger partial charge in [-0.3, -0.25) is 0 Å². The van der Waals surface area contributed by atoms with E-state index in [0.717, 1.165) is 10.5 Å². The first kappa shape index (κ1) is 14.8. The quantitative estimate of drug-likeness (QED) is 0.620. The molecule has 19 heavy (non-hydrogen) atoms. The summed E-state index contributed by atoms with van der Waals surface area (Å²) in [5, 5.41) is 38.4. The Morgan fingerprint density at radius 1 is 1.05 bits per heavy atom. The van der Waals surface area contributed by atoms with Gasteiger partial charge in [0.15, 0.2) is 0 Å². The molecule has 0 radical (unpaired) electrons. The van der Waals surface area contributed by atoms with Crippen LogP contribution in [0.3, 0.4) is 0 Å². The molecule has 106 valence electrons. The normalized spacial score (nSPS) is 35.3. The molecule has 1 saturated heterocycles. The first-order valence-electron chi connectivity index (χ1n) is 6.07. The molecule has 1 aliphatic heterocycles. The second-order valence-corrected chi connectivity index (χ2v) is 5.80. The summed E-state index contributed by atoms with van der Waals surface area (Å²) >= 11 is 1.25. The number of hydrogen-bond donors (Lipinski definition) is 4. The number of ether oxygens (including phenoxy) is 1. The van der Waals surface area contributed by atoms with Crippen molar-refractivity contribution < 1.29 is 25.2 Å². The highest BCUT2D eigenvalue weighted by atomic mass is 32.2. The summed E-state index contributed by atoms with van der Waals surface area (Å²) in [5.74, 6) is 0. The summed E-state index contributed by atoms with van der Waals surface area (Å²) < 4.78 is 5.42. The third kappa shape index (κ3) is 3.28. The predicted octanol–water partition coefficient (Wildman–Crippen LogP) is -0.113. The van der Waals surface area contributed by atoms with Crippen LogP contribution in [0, 0.1) is 6.92 Å². The largest absolute Gasteiger partial charge is 0.394 e. The van der Waals surface area contributed by atoms with Crippen molar-refractivity contribution in [2.45, 2.75) is 41.7 Å². The maximum absolute atomic E-state index is 9.90. The van der Waals surface area contributed by atoms with Crippen LogP contribution in [0.2, 0.25) is 0 Å². The summed E-state index contributed by atoms with van der Waals surface area (Å²) in [7, 11) is 0. The number of rotatable bonds is 3. The number of aliphatic hydroxyl groups is 4. The van der Waals surface area contributed by atoms with Crippen molar-refractivity contribution in [2.24, 2.45) is 0 Å². The summed E-state index contributed by atoms with van der Waals surface area (Å²) in [6.45, 7) is 1.57. The van der Waals surface area contributed by atoms with E-state index in [4.69, 9.17) is 9.84 Å². The Hall–Kier alpha value is -0.630. The molecule has 0 aromatic heterocycles. The lowest BCUT2D eigenvalue weighted by atomic mass is 10.0. The average Bonchev–Trinajstić information content (AvgIpc) is 2.42. The van der Waals surface area contributed by atoms with Gasteiger partial charge in [-0.2, -0.15) is 0 Å². The molecule has 0 saturated carbocycles. The number of thioether (sulfide) groups is 1. The van der Waals surface area contributed by atoms with Crippen molar-refractivity contribution in [1.29, 1.82) is 0 Å². The van der Waals surface area contributed by atoms with Gasteiger partial charge in [0.25, 0.3) is 0 Å². The molecule has 1 aromatic rings. The van der Waals surface area contributed by atoms with Crippen LogP contribution in [-0.4, -0.2) is 56.9 Å². The predicted molar refractivity (Wildman–Crippen MR) is 70.8 cm³/mol. The number of aliphatic hydroxyl groups excluding tert-OH is 4. The van der Waals surface area contributed by atoms with Gasteiger partial charge >= 0.3 is 0 Å². The summed E-state index contributed by atoms with van der Waals surface area (Å²) in [6, 6.07) is 7.65. The lowest BCUT2D eigenvalue weighted by Crippen LogP contribution is -2.57.